The number of nitrogen functional groups attached to an aromatic ring is 1. The van der Waals surface area contributed by atoms with Gasteiger partial charge in [0.2, 0.25) is 0 Å². The molecule has 0 radical (unpaired) electrons. The van der Waals surface area contributed by atoms with Gasteiger partial charge in [0.05, 0.1) is 17.4 Å². The van der Waals surface area contributed by atoms with Crippen LogP contribution in [0.4, 0.5) is 11.5 Å². The van der Waals surface area contributed by atoms with E-state index >= 15 is 0 Å². The molecule has 0 atom stereocenters. The molecule has 0 saturated carbocycles. The van der Waals surface area contributed by atoms with Gasteiger partial charge in [-0.2, -0.15) is 0 Å². The Morgan fingerprint density at radius 1 is 1.55 bits per heavy atom. The Morgan fingerprint density at radius 3 is 2.90 bits per heavy atom. The van der Waals surface area contributed by atoms with E-state index in [1.165, 1.54) is 17.1 Å². The Morgan fingerprint density at radius 2 is 2.30 bits per heavy atom. The number of carboxylic acids is 1. The van der Waals surface area contributed by atoms with Crippen LogP contribution in [0.3, 0.4) is 0 Å². The molecule has 0 fully saturated rings. The summed E-state index contributed by atoms with van der Waals surface area (Å²) in [4.78, 5) is 16.4. The normalized spacial score (nSPS) is 11.3. The molecule has 6 heteroatoms. The smallest absolute Gasteiger partial charge is 0.337 e. The van der Waals surface area contributed by atoms with Crippen LogP contribution in [0.15, 0.2) is 29.8 Å². The minimum absolute atomic E-state index is 0.0549. The molecule has 0 aliphatic heterocycles. The van der Waals surface area contributed by atoms with Crippen molar-refractivity contribution in [2.45, 2.75) is 19.3 Å². The fraction of sp³-hybridized carbons (Fsp3) is 0.286. The molecule has 0 unspecified atom stereocenters. The zero-order chi connectivity index (χ0) is 14.8. The minimum atomic E-state index is -1.05. The molecule has 106 valence electrons. The maximum Gasteiger partial charge on any atom is 0.337 e. The molecular weight excluding hydrogens is 274 g/mol. The van der Waals surface area contributed by atoms with Gasteiger partial charge in [0, 0.05) is 16.8 Å². The van der Waals surface area contributed by atoms with E-state index in [-0.39, 0.29) is 16.7 Å². The quantitative estimate of drug-likeness (QED) is 0.788. The number of hydrogen-bond acceptors (Lipinski definition) is 5. The summed E-state index contributed by atoms with van der Waals surface area (Å²) in [7, 11) is 0. The van der Waals surface area contributed by atoms with Crippen molar-refractivity contribution in [2.75, 3.05) is 17.6 Å². The van der Waals surface area contributed by atoms with Gasteiger partial charge in [-0.15, -0.1) is 11.3 Å². The third-order valence-electron chi connectivity index (χ3n) is 3.06. The van der Waals surface area contributed by atoms with Crippen LogP contribution in [0, 0.1) is 0 Å². The van der Waals surface area contributed by atoms with Gasteiger partial charge in [0.15, 0.2) is 0 Å². The lowest BCUT2D eigenvalue weighted by atomic mass is 9.91. The Kier molecular flexibility index (Phi) is 3.94. The summed E-state index contributed by atoms with van der Waals surface area (Å²) < 4.78 is 0. The second-order valence-electron chi connectivity index (χ2n) is 5.18. The van der Waals surface area contributed by atoms with Crippen LogP contribution >= 0.6 is 11.3 Å². The highest BCUT2D eigenvalue weighted by molar-refractivity contribution is 7.10. The average molecular weight is 291 g/mol. The molecule has 0 saturated heterocycles. The van der Waals surface area contributed by atoms with Crippen molar-refractivity contribution >= 4 is 28.8 Å². The molecule has 0 aliphatic carbocycles. The van der Waals surface area contributed by atoms with Gasteiger partial charge in [0.25, 0.3) is 0 Å². The highest BCUT2D eigenvalue weighted by atomic mass is 32.1. The van der Waals surface area contributed by atoms with Crippen LogP contribution < -0.4 is 11.1 Å². The van der Waals surface area contributed by atoms with E-state index in [0.717, 1.165) is 0 Å². The molecule has 2 aromatic rings. The Bertz CT molecular complexity index is 609. The molecule has 0 aromatic carbocycles. The van der Waals surface area contributed by atoms with E-state index in [1.54, 1.807) is 11.3 Å². The second-order valence-corrected chi connectivity index (χ2v) is 6.12. The molecule has 0 aliphatic rings. The molecule has 0 spiro atoms. The predicted molar refractivity (Wildman–Crippen MR) is 81.4 cm³/mol. The van der Waals surface area contributed by atoms with Crippen LogP contribution in [-0.2, 0) is 5.41 Å². The van der Waals surface area contributed by atoms with Gasteiger partial charge in [-0.1, -0.05) is 19.9 Å². The number of nitrogens with one attached hydrogen (secondary N) is 1. The SMILES string of the molecule is CC(C)(CNc1cc(C(=O)O)c(N)cn1)c1cccs1. The first-order chi connectivity index (χ1) is 9.40. The minimum Gasteiger partial charge on any atom is -0.478 e. The Hall–Kier alpha value is -2.08. The topological polar surface area (TPSA) is 88.2 Å². The lowest BCUT2D eigenvalue weighted by Gasteiger charge is -2.24. The van der Waals surface area contributed by atoms with Crippen molar-refractivity contribution in [3.63, 3.8) is 0 Å². The molecule has 2 heterocycles. The van der Waals surface area contributed by atoms with Crippen molar-refractivity contribution in [3.05, 3.63) is 40.2 Å². The number of carboxylic acid groups (broad SMARTS) is 1. The van der Waals surface area contributed by atoms with E-state index in [2.05, 4.69) is 30.2 Å². The maximum absolute atomic E-state index is 11.0. The number of pyridine rings is 1. The van der Waals surface area contributed by atoms with Gasteiger partial charge >= 0.3 is 5.97 Å². The Balaban J connectivity index is 2.11. The highest BCUT2D eigenvalue weighted by Crippen LogP contribution is 2.27. The highest BCUT2D eigenvalue weighted by Gasteiger charge is 2.21. The van der Waals surface area contributed by atoms with Gasteiger partial charge in [0.1, 0.15) is 5.82 Å². The molecule has 20 heavy (non-hydrogen) atoms. The molecule has 5 nitrogen and oxygen atoms in total. The number of aromatic carboxylic acids is 1. The van der Waals surface area contributed by atoms with Crippen molar-refractivity contribution < 1.29 is 9.90 Å². The number of anilines is 2. The van der Waals surface area contributed by atoms with Crippen molar-refractivity contribution in [3.8, 4) is 0 Å². The van der Waals surface area contributed by atoms with Crippen LogP contribution in [0.2, 0.25) is 0 Å². The average Bonchev–Trinajstić information content (AvgIpc) is 2.92. The zero-order valence-corrected chi connectivity index (χ0v) is 12.2. The maximum atomic E-state index is 11.0. The summed E-state index contributed by atoms with van der Waals surface area (Å²) in [5.74, 6) is -0.535. The third-order valence-corrected chi connectivity index (χ3v) is 4.30. The van der Waals surface area contributed by atoms with E-state index in [0.29, 0.717) is 12.4 Å². The van der Waals surface area contributed by atoms with E-state index in [9.17, 15) is 4.79 Å². The van der Waals surface area contributed by atoms with Crippen molar-refractivity contribution in [1.82, 2.24) is 4.98 Å². The number of nitrogens with two attached hydrogens (primary N) is 1. The summed E-state index contributed by atoms with van der Waals surface area (Å²) in [6.07, 6.45) is 1.37. The van der Waals surface area contributed by atoms with Crippen LogP contribution in [-0.4, -0.2) is 22.6 Å². The zero-order valence-electron chi connectivity index (χ0n) is 11.4. The predicted octanol–water partition coefficient (Wildman–Crippen LogP) is 2.81. The van der Waals surface area contributed by atoms with E-state index in [1.807, 2.05) is 11.4 Å². The van der Waals surface area contributed by atoms with Crippen molar-refractivity contribution in [2.24, 2.45) is 0 Å². The van der Waals surface area contributed by atoms with Crippen LogP contribution in [0.25, 0.3) is 0 Å². The van der Waals surface area contributed by atoms with E-state index < -0.39 is 5.97 Å². The second kappa shape index (κ2) is 5.50. The summed E-state index contributed by atoms with van der Waals surface area (Å²) in [5.41, 5.74) is 5.76. The van der Waals surface area contributed by atoms with Crippen LogP contribution in [0.5, 0.6) is 0 Å². The van der Waals surface area contributed by atoms with Gasteiger partial charge < -0.3 is 16.2 Å². The lowest BCUT2D eigenvalue weighted by molar-refractivity contribution is 0.0698. The van der Waals surface area contributed by atoms with Gasteiger partial charge in [-0.25, -0.2) is 9.78 Å². The van der Waals surface area contributed by atoms with Crippen LogP contribution in [0.1, 0.15) is 29.1 Å². The number of thiophene rings is 1. The van der Waals surface area contributed by atoms with Gasteiger partial charge in [-0.3, -0.25) is 0 Å². The Labute approximate surface area is 121 Å². The number of rotatable bonds is 5. The first-order valence-electron chi connectivity index (χ1n) is 6.17. The summed E-state index contributed by atoms with van der Waals surface area (Å²) in [6.45, 7) is 4.91. The number of carbonyl (C=O) groups is 1. The largest absolute Gasteiger partial charge is 0.478 e. The molecule has 2 rings (SSSR count). The fourth-order valence-electron chi connectivity index (χ4n) is 1.81. The van der Waals surface area contributed by atoms with E-state index in [4.69, 9.17) is 10.8 Å². The van der Waals surface area contributed by atoms with Gasteiger partial charge in [-0.05, 0) is 17.5 Å². The number of aromatic nitrogens is 1. The first kappa shape index (κ1) is 14.3. The summed E-state index contributed by atoms with van der Waals surface area (Å²) >= 11 is 1.70. The molecule has 0 amide bonds. The number of hydrogen-bond donors (Lipinski definition) is 3. The summed E-state index contributed by atoms with van der Waals surface area (Å²) in [6, 6.07) is 5.57. The van der Waals surface area contributed by atoms with Crippen molar-refractivity contribution in [1.29, 1.82) is 0 Å². The standard InChI is InChI=1S/C14H17N3O2S/c1-14(2,11-4-3-5-20-11)8-17-12-6-9(13(18)19)10(15)7-16-12/h3-7H,8,15H2,1-2H3,(H,16,17)(H,18,19). The molecular formula is C14H17N3O2S. The molecule has 4 N–H and O–H groups in total. The lowest BCUT2D eigenvalue weighted by Crippen LogP contribution is -2.27. The third kappa shape index (κ3) is 3.08. The molecule has 0 bridgehead atoms. The summed E-state index contributed by atoms with van der Waals surface area (Å²) in [5, 5.41) is 14.2. The fourth-order valence-corrected chi connectivity index (χ4v) is 2.66. The number of nitrogens with zero attached hydrogens (tertiary/aromatic N) is 1. The first-order valence-corrected chi connectivity index (χ1v) is 7.05. The monoisotopic (exact) mass is 291 g/mol. The molecule has 2 aromatic heterocycles.